The van der Waals surface area contributed by atoms with E-state index in [2.05, 4.69) is 9.93 Å². The lowest BCUT2D eigenvalue weighted by molar-refractivity contribution is 0.590. The number of nitrogens with zero attached hydrogens (tertiary/aromatic N) is 1. The molecule has 0 aliphatic heterocycles. The van der Waals surface area contributed by atoms with Crippen molar-refractivity contribution in [2.75, 3.05) is 6.26 Å². The van der Waals surface area contributed by atoms with Crippen molar-refractivity contribution in [2.45, 2.75) is 19.8 Å². The maximum atomic E-state index is 10.8. The molecule has 0 amide bonds. The van der Waals surface area contributed by atoms with Gasteiger partial charge in [-0.1, -0.05) is 30.3 Å². The molecule has 5 heteroatoms. The summed E-state index contributed by atoms with van der Waals surface area (Å²) in [5.41, 5.74) is 1.99. The highest BCUT2D eigenvalue weighted by Crippen LogP contribution is 2.03. The van der Waals surface area contributed by atoms with Gasteiger partial charge >= 0.3 is 0 Å². The standard InChI is InChI=1S/C11H16N2O2S/c1-10(12-13-16(2,14)15)8-9-11-6-4-3-5-7-11/h3-7,13H,8-9H2,1-2H3/b12-10+. The summed E-state index contributed by atoms with van der Waals surface area (Å²) in [6.07, 6.45) is 2.69. The molecule has 0 saturated carbocycles. The first-order valence-electron chi connectivity index (χ1n) is 5.01. The smallest absolute Gasteiger partial charge is 0.206 e. The lowest BCUT2D eigenvalue weighted by atomic mass is 10.1. The highest BCUT2D eigenvalue weighted by atomic mass is 32.2. The molecule has 1 aromatic carbocycles. The normalized spacial score (nSPS) is 12.5. The average Bonchev–Trinajstić information content (AvgIpc) is 2.24. The van der Waals surface area contributed by atoms with Crippen molar-refractivity contribution in [3.8, 4) is 0 Å². The molecular formula is C11H16N2O2S. The lowest BCUT2D eigenvalue weighted by Gasteiger charge is -2.02. The molecule has 0 saturated heterocycles. The molecule has 0 fully saturated rings. The molecule has 0 radical (unpaired) electrons. The predicted octanol–water partition coefficient (Wildman–Crippen LogP) is 1.54. The van der Waals surface area contributed by atoms with E-state index < -0.39 is 10.0 Å². The van der Waals surface area contributed by atoms with Crippen molar-refractivity contribution >= 4 is 15.7 Å². The van der Waals surface area contributed by atoms with Crippen molar-refractivity contribution in [2.24, 2.45) is 5.10 Å². The van der Waals surface area contributed by atoms with Gasteiger partial charge in [0.15, 0.2) is 0 Å². The van der Waals surface area contributed by atoms with Crippen LogP contribution in [0.1, 0.15) is 18.9 Å². The molecule has 0 aliphatic carbocycles. The third-order valence-electron chi connectivity index (χ3n) is 2.02. The van der Waals surface area contributed by atoms with Gasteiger partial charge in [0.1, 0.15) is 0 Å². The monoisotopic (exact) mass is 240 g/mol. The van der Waals surface area contributed by atoms with Gasteiger partial charge in [-0.25, -0.2) is 13.2 Å². The number of sulfonamides is 1. The molecule has 1 aromatic rings. The van der Waals surface area contributed by atoms with E-state index in [1.54, 1.807) is 6.92 Å². The number of hydrogen-bond donors (Lipinski definition) is 1. The number of hydrogen-bond acceptors (Lipinski definition) is 3. The van der Waals surface area contributed by atoms with Crippen molar-refractivity contribution in [3.63, 3.8) is 0 Å². The molecule has 16 heavy (non-hydrogen) atoms. The molecule has 0 spiro atoms. The zero-order chi connectivity index (χ0) is 12.0. The summed E-state index contributed by atoms with van der Waals surface area (Å²) >= 11 is 0. The Morgan fingerprint density at radius 3 is 2.50 bits per heavy atom. The summed E-state index contributed by atoms with van der Waals surface area (Å²) in [5.74, 6) is 0. The van der Waals surface area contributed by atoms with Gasteiger partial charge in [-0.15, -0.1) is 0 Å². The Hall–Kier alpha value is -1.36. The van der Waals surface area contributed by atoms with E-state index in [1.165, 1.54) is 5.56 Å². The third kappa shape index (κ3) is 5.50. The topological polar surface area (TPSA) is 58.5 Å². The van der Waals surface area contributed by atoms with Crippen LogP contribution in [0.25, 0.3) is 0 Å². The third-order valence-corrected chi connectivity index (χ3v) is 2.44. The average molecular weight is 240 g/mol. The lowest BCUT2D eigenvalue weighted by Crippen LogP contribution is -2.17. The molecule has 1 N–H and O–H groups in total. The van der Waals surface area contributed by atoms with E-state index >= 15 is 0 Å². The molecule has 1 rings (SSSR count). The van der Waals surface area contributed by atoms with Crippen LogP contribution >= 0.6 is 0 Å². The van der Waals surface area contributed by atoms with E-state index in [0.717, 1.165) is 24.8 Å². The van der Waals surface area contributed by atoms with Crippen LogP contribution in [0.15, 0.2) is 35.4 Å². The fraction of sp³-hybridized carbons (Fsp3) is 0.364. The van der Waals surface area contributed by atoms with Crippen molar-refractivity contribution in [1.82, 2.24) is 4.83 Å². The Labute approximate surface area is 96.4 Å². The van der Waals surface area contributed by atoms with Gasteiger partial charge in [0.05, 0.1) is 6.26 Å². The van der Waals surface area contributed by atoms with Gasteiger partial charge in [0.25, 0.3) is 0 Å². The van der Waals surface area contributed by atoms with Crippen LogP contribution in [0.3, 0.4) is 0 Å². The summed E-state index contributed by atoms with van der Waals surface area (Å²) in [5, 5.41) is 3.79. The number of hydrazone groups is 1. The minimum atomic E-state index is -3.24. The van der Waals surface area contributed by atoms with Crippen LogP contribution in [0.2, 0.25) is 0 Å². The number of rotatable bonds is 5. The van der Waals surface area contributed by atoms with E-state index in [4.69, 9.17) is 0 Å². The molecular weight excluding hydrogens is 224 g/mol. The van der Waals surface area contributed by atoms with Crippen LogP contribution in [0.4, 0.5) is 0 Å². The van der Waals surface area contributed by atoms with Gasteiger partial charge in [-0.05, 0) is 25.3 Å². The number of benzene rings is 1. The summed E-state index contributed by atoms with van der Waals surface area (Å²) in [6.45, 7) is 1.81. The Bertz CT molecular complexity index is 452. The minimum Gasteiger partial charge on any atom is -0.206 e. The highest BCUT2D eigenvalue weighted by molar-refractivity contribution is 7.88. The second kappa shape index (κ2) is 5.65. The number of aryl methyl sites for hydroxylation is 1. The van der Waals surface area contributed by atoms with E-state index in [1.807, 2.05) is 30.3 Å². The fourth-order valence-electron chi connectivity index (χ4n) is 1.19. The predicted molar refractivity (Wildman–Crippen MR) is 65.9 cm³/mol. The highest BCUT2D eigenvalue weighted by Gasteiger charge is 1.98. The minimum absolute atomic E-state index is 0.743. The van der Waals surface area contributed by atoms with Crippen LogP contribution in [-0.2, 0) is 16.4 Å². The van der Waals surface area contributed by atoms with Crippen LogP contribution in [0.5, 0.6) is 0 Å². The maximum Gasteiger partial charge on any atom is 0.244 e. The Morgan fingerprint density at radius 1 is 1.31 bits per heavy atom. The van der Waals surface area contributed by atoms with Crippen LogP contribution in [0, 0.1) is 0 Å². The summed E-state index contributed by atoms with van der Waals surface area (Å²) in [6, 6.07) is 10.0. The second-order valence-electron chi connectivity index (χ2n) is 3.70. The maximum absolute atomic E-state index is 10.8. The molecule has 0 heterocycles. The van der Waals surface area contributed by atoms with Crippen LogP contribution in [-0.4, -0.2) is 20.4 Å². The summed E-state index contributed by atoms with van der Waals surface area (Å²) in [4.78, 5) is 2.12. The van der Waals surface area contributed by atoms with Crippen molar-refractivity contribution in [1.29, 1.82) is 0 Å². The Morgan fingerprint density at radius 2 is 1.94 bits per heavy atom. The van der Waals surface area contributed by atoms with E-state index in [9.17, 15) is 8.42 Å². The van der Waals surface area contributed by atoms with Gasteiger partial charge in [-0.2, -0.15) is 5.10 Å². The zero-order valence-corrected chi connectivity index (χ0v) is 10.3. The fourth-order valence-corrected chi connectivity index (χ4v) is 1.51. The van der Waals surface area contributed by atoms with Crippen molar-refractivity contribution < 1.29 is 8.42 Å². The SMILES string of the molecule is C/C(CCc1ccccc1)=N\NS(C)(=O)=O. The molecule has 4 nitrogen and oxygen atoms in total. The first-order valence-corrected chi connectivity index (χ1v) is 6.90. The van der Waals surface area contributed by atoms with Crippen molar-refractivity contribution in [3.05, 3.63) is 35.9 Å². The van der Waals surface area contributed by atoms with Gasteiger partial charge in [-0.3, -0.25) is 0 Å². The first-order chi connectivity index (χ1) is 7.47. The second-order valence-corrected chi connectivity index (χ2v) is 5.42. The van der Waals surface area contributed by atoms with Gasteiger partial charge in [0.2, 0.25) is 10.0 Å². The first kappa shape index (κ1) is 12.7. The quantitative estimate of drug-likeness (QED) is 0.627. The Kier molecular flexibility index (Phi) is 4.49. The Balaban J connectivity index is 2.44. The van der Waals surface area contributed by atoms with Crippen LogP contribution < -0.4 is 4.83 Å². The molecule has 0 aromatic heterocycles. The molecule has 0 bridgehead atoms. The van der Waals surface area contributed by atoms with E-state index in [0.29, 0.717) is 0 Å². The van der Waals surface area contributed by atoms with Gasteiger partial charge in [0, 0.05) is 5.71 Å². The molecule has 0 aliphatic rings. The summed E-state index contributed by atoms with van der Waals surface area (Å²) < 4.78 is 21.6. The molecule has 0 atom stereocenters. The number of nitrogens with one attached hydrogen (secondary N) is 1. The van der Waals surface area contributed by atoms with Gasteiger partial charge < -0.3 is 0 Å². The molecule has 88 valence electrons. The summed E-state index contributed by atoms with van der Waals surface area (Å²) in [7, 11) is -3.24. The van der Waals surface area contributed by atoms with E-state index in [-0.39, 0.29) is 0 Å². The largest absolute Gasteiger partial charge is 0.244 e. The zero-order valence-electron chi connectivity index (χ0n) is 9.47. The molecule has 0 unspecified atom stereocenters.